The fourth-order valence-corrected chi connectivity index (χ4v) is 1.15. The molecule has 0 bridgehead atoms. The average Bonchev–Trinajstić information content (AvgIpc) is 2.47. The van der Waals surface area contributed by atoms with Gasteiger partial charge in [0, 0.05) is 0 Å². The smallest absolute Gasteiger partial charge is 0.135 e. The standard InChI is InChI=1S/C8H9N3O/c9-12-5-8-10-6-3-1-2-4-7(6)11-8/h1-4H,5,9H2,(H,10,11). The van der Waals surface area contributed by atoms with Crippen molar-refractivity contribution in [1.29, 1.82) is 0 Å². The van der Waals surface area contributed by atoms with Gasteiger partial charge in [0.25, 0.3) is 0 Å². The van der Waals surface area contributed by atoms with E-state index in [2.05, 4.69) is 14.8 Å². The Morgan fingerprint density at radius 3 is 3.00 bits per heavy atom. The van der Waals surface area contributed by atoms with Crippen LogP contribution >= 0.6 is 0 Å². The highest BCUT2D eigenvalue weighted by Gasteiger charge is 1.99. The minimum atomic E-state index is 0.314. The Bertz CT molecular complexity index is 349. The van der Waals surface area contributed by atoms with Crippen molar-refractivity contribution in [2.24, 2.45) is 5.90 Å². The van der Waals surface area contributed by atoms with Gasteiger partial charge >= 0.3 is 0 Å². The monoisotopic (exact) mass is 163 g/mol. The van der Waals surface area contributed by atoms with Crippen molar-refractivity contribution in [3.05, 3.63) is 30.1 Å². The van der Waals surface area contributed by atoms with Crippen molar-refractivity contribution in [3.63, 3.8) is 0 Å². The van der Waals surface area contributed by atoms with E-state index in [4.69, 9.17) is 5.90 Å². The molecule has 0 amide bonds. The quantitative estimate of drug-likeness (QED) is 0.648. The van der Waals surface area contributed by atoms with Crippen molar-refractivity contribution < 1.29 is 4.84 Å². The van der Waals surface area contributed by atoms with Crippen LogP contribution in [0.2, 0.25) is 0 Å². The predicted octanol–water partition coefficient (Wildman–Crippen LogP) is 0.953. The fraction of sp³-hybridized carbons (Fsp3) is 0.125. The molecule has 0 spiro atoms. The van der Waals surface area contributed by atoms with Crippen LogP contribution in [0.3, 0.4) is 0 Å². The predicted molar refractivity (Wildman–Crippen MR) is 45.1 cm³/mol. The highest BCUT2D eigenvalue weighted by molar-refractivity contribution is 5.74. The van der Waals surface area contributed by atoms with Gasteiger partial charge in [-0.2, -0.15) is 0 Å². The van der Waals surface area contributed by atoms with Crippen molar-refractivity contribution >= 4 is 11.0 Å². The average molecular weight is 163 g/mol. The molecule has 0 saturated carbocycles. The van der Waals surface area contributed by atoms with E-state index in [0.717, 1.165) is 16.9 Å². The topological polar surface area (TPSA) is 63.9 Å². The van der Waals surface area contributed by atoms with Crippen molar-refractivity contribution in [2.75, 3.05) is 0 Å². The summed E-state index contributed by atoms with van der Waals surface area (Å²) in [5.41, 5.74) is 1.94. The first-order valence-corrected chi connectivity index (χ1v) is 3.65. The molecule has 1 aromatic carbocycles. The second-order valence-electron chi connectivity index (χ2n) is 2.51. The molecule has 0 aliphatic rings. The fourth-order valence-electron chi connectivity index (χ4n) is 1.15. The van der Waals surface area contributed by atoms with Gasteiger partial charge in [0.2, 0.25) is 0 Å². The number of para-hydroxylation sites is 2. The summed E-state index contributed by atoms with van der Waals surface area (Å²) in [5, 5.41) is 0. The Hall–Kier alpha value is -1.39. The van der Waals surface area contributed by atoms with E-state index in [0.29, 0.717) is 6.61 Å². The summed E-state index contributed by atoms with van der Waals surface area (Å²) in [6.07, 6.45) is 0. The lowest BCUT2D eigenvalue weighted by Gasteiger charge is -1.88. The molecule has 0 aliphatic heterocycles. The van der Waals surface area contributed by atoms with Crippen molar-refractivity contribution in [3.8, 4) is 0 Å². The third kappa shape index (κ3) is 1.17. The highest BCUT2D eigenvalue weighted by Crippen LogP contribution is 2.09. The summed E-state index contributed by atoms with van der Waals surface area (Å²) < 4.78 is 0. The summed E-state index contributed by atoms with van der Waals surface area (Å²) >= 11 is 0. The zero-order valence-electron chi connectivity index (χ0n) is 6.45. The van der Waals surface area contributed by atoms with E-state index < -0.39 is 0 Å². The summed E-state index contributed by atoms with van der Waals surface area (Å²) in [6.45, 7) is 0.314. The minimum absolute atomic E-state index is 0.314. The van der Waals surface area contributed by atoms with Gasteiger partial charge in [-0.25, -0.2) is 10.9 Å². The number of imidazole rings is 1. The van der Waals surface area contributed by atoms with Gasteiger partial charge in [0.15, 0.2) is 0 Å². The van der Waals surface area contributed by atoms with Gasteiger partial charge in [-0.15, -0.1) is 0 Å². The van der Waals surface area contributed by atoms with E-state index in [1.54, 1.807) is 0 Å². The number of nitrogens with zero attached hydrogens (tertiary/aromatic N) is 1. The number of H-pyrrole nitrogens is 1. The second-order valence-corrected chi connectivity index (χ2v) is 2.51. The molecule has 0 fully saturated rings. The number of aromatic nitrogens is 2. The number of fused-ring (bicyclic) bond motifs is 1. The zero-order valence-corrected chi connectivity index (χ0v) is 6.45. The molecule has 12 heavy (non-hydrogen) atoms. The normalized spacial score (nSPS) is 10.8. The minimum Gasteiger partial charge on any atom is -0.340 e. The molecule has 2 aromatic rings. The molecular formula is C8H9N3O. The van der Waals surface area contributed by atoms with Crippen LogP contribution in [0.5, 0.6) is 0 Å². The number of nitrogens with two attached hydrogens (primary N) is 1. The summed E-state index contributed by atoms with van der Waals surface area (Å²) in [6, 6.07) is 7.79. The van der Waals surface area contributed by atoms with Gasteiger partial charge < -0.3 is 4.98 Å². The number of nitrogens with one attached hydrogen (secondary N) is 1. The van der Waals surface area contributed by atoms with Gasteiger partial charge in [-0.05, 0) is 12.1 Å². The lowest BCUT2D eigenvalue weighted by Crippen LogP contribution is -1.99. The van der Waals surface area contributed by atoms with Crippen molar-refractivity contribution in [1.82, 2.24) is 9.97 Å². The molecule has 4 nitrogen and oxygen atoms in total. The SMILES string of the molecule is NOCc1nc2ccccc2[nH]1. The molecular weight excluding hydrogens is 154 g/mol. The van der Waals surface area contributed by atoms with Crippen LogP contribution < -0.4 is 5.90 Å². The highest BCUT2D eigenvalue weighted by atomic mass is 16.6. The van der Waals surface area contributed by atoms with Gasteiger partial charge in [-0.3, -0.25) is 4.84 Å². The molecule has 1 aromatic heterocycles. The lowest BCUT2D eigenvalue weighted by molar-refractivity contribution is 0.119. The van der Waals surface area contributed by atoms with Crippen LogP contribution in [-0.2, 0) is 11.4 Å². The number of rotatable bonds is 2. The maximum Gasteiger partial charge on any atom is 0.135 e. The number of hydrogen-bond donors (Lipinski definition) is 2. The Labute approximate surface area is 69.3 Å². The van der Waals surface area contributed by atoms with E-state index in [9.17, 15) is 0 Å². The zero-order chi connectivity index (χ0) is 8.39. The summed E-state index contributed by atoms with van der Waals surface area (Å²) in [5.74, 6) is 5.67. The molecule has 0 atom stereocenters. The van der Waals surface area contributed by atoms with Crippen LogP contribution in [0.1, 0.15) is 5.82 Å². The Balaban J connectivity index is 2.47. The molecule has 0 unspecified atom stereocenters. The van der Waals surface area contributed by atoms with Crippen molar-refractivity contribution in [2.45, 2.75) is 6.61 Å². The second kappa shape index (κ2) is 2.92. The van der Waals surface area contributed by atoms with E-state index >= 15 is 0 Å². The molecule has 3 N–H and O–H groups in total. The first kappa shape index (κ1) is 7.27. The molecule has 0 radical (unpaired) electrons. The summed E-state index contributed by atoms with van der Waals surface area (Å²) in [7, 11) is 0. The molecule has 4 heteroatoms. The number of benzene rings is 1. The first-order chi connectivity index (χ1) is 5.90. The van der Waals surface area contributed by atoms with E-state index in [-0.39, 0.29) is 0 Å². The molecule has 62 valence electrons. The van der Waals surface area contributed by atoms with Crippen LogP contribution in [-0.4, -0.2) is 9.97 Å². The lowest BCUT2D eigenvalue weighted by atomic mass is 10.3. The Kier molecular flexibility index (Phi) is 1.77. The van der Waals surface area contributed by atoms with Crippen LogP contribution in [0, 0.1) is 0 Å². The molecule has 2 rings (SSSR count). The van der Waals surface area contributed by atoms with E-state index in [1.807, 2.05) is 24.3 Å². The molecule has 0 saturated heterocycles. The largest absolute Gasteiger partial charge is 0.340 e. The molecule has 0 aliphatic carbocycles. The van der Waals surface area contributed by atoms with Gasteiger partial charge in [0.1, 0.15) is 12.4 Å². The first-order valence-electron chi connectivity index (χ1n) is 3.65. The van der Waals surface area contributed by atoms with Crippen LogP contribution in [0.15, 0.2) is 24.3 Å². The van der Waals surface area contributed by atoms with Crippen LogP contribution in [0.25, 0.3) is 11.0 Å². The third-order valence-electron chi connectivity index (χ3n) is 1.66. The molecule has 1 heterocycles. The Morgan fingerprint density at radius 1 is 1.42 bits per heavy atom. The van der Waals surface area contributed by atoms with Crippen LogP contribution in [0.4, 0.5) is 0 Å². The summed E-state index contributed by atoms with van der Waals surface area (Å²) in [4.78, 5) is 11.8. The number of aromatic amines is 1. The third-order valence-corrected chi connectivity index (χ3v) is 1.66. The maximum atomic E-state index is 4.92. The maximum absolute atomic E-state index is 4.92. The Morgan fingerprint density at radius 2 is 2.25 bits per heavy atom. The van der Waals surface area contributed by atoms with Gasteiger partial charge in [-0.1, -0.05) is 12.1 Å². The number of hydrogen-bond acceptors (Lipinski definition) is 3. The van der Waals surface area contributed by atoms with E-state index in [1.165, 1.54) is 0 Å². The van der Waals surface area contributed by atoms with Gasteiger partial charge in [0.05, 0.1) is 11.0 Å².